The van der Waals surface area contributed by atoms with Crippen LogP contribution in [0.5, 0.6) is 0 Å². The molecule has 0 spiro atoms. The molecule has 0 fully saturated rings. The van der Waals surface area contributed by atoms with Crippen LogP contribution in [0.15, 0.2) is 12.2 Å². The van der Waals surface area contributed by atoms with E-state index in [1.165, 1.54) is 6.08 Å². The summed E-state index contributed by atoms with van der Waals surface area (Å²) in [7, 11) is 0. The molecule has 1 atom stereocenters. The van der Waals surface area contributed by atoms with Gasteiger partial charge in [-0.2, -0.15) is 0 Å². The molecule has 4 heteroatoms. The third kappa shape index (κ3) is 17.5. The van der Waals surface area contributed by atoms with Gasteiger partial charge >= 0.3 is 5.97 Å². The van der Waals surface area contributed by atoms with Gasteiger partial charge < -0.3 is 9.84 Å². The highest BCUT2D eigenvalue weighted by molar-refractivity contribution is 5.89. The van der Waals surface area contributed by atoms with E-state index in [4.69, 9.17) is 4.74 Å². The Morgan fingerprint density at radius 2 is 1.52 bits per heavy atom. The van der Waals surface area contributed by atoms with E-state index in [2.05, 4.69) is 6.92 Å². The molecule has 25 heavy (non-hydrogen) atoms. The smallest absolute Gasteiger partial charge is 0.306 e. The minimum Gasteiger partial charge on any atom is -0.463 e. The van der Waals surface area contributed by atoms with Crippen LogP contribution in [0.1, 0.15) is 97.8 Å². The number of ether oxygens (including phenoxy) is 1. The second kappa shape index (κ2) is 16.3. The summed E-state index contributed by atoms with van der Waals surface area (Å²) in [4.78, 5) is 23.1. The number of esters is 1. The molecular formula is C21H38O4. The number of aliphatic hydroxyl groups excluding tert-OH is 1. The maximum absolute atomic E-state index is 11.7. The topological polar surface area (TPSA) is 63.6 Å². The molecule has 4 nitrogen and oxygen atoms in total. The molecular weight excluding hydrogens is 316 g/mol. The number of unbranched alkanes of at least 4 members (excludes halogenated alkanes) is 7. The first-order valence-corrected chi connectivity index (χ1v) is 10.0. The fraction of sp³-hybridized carbons (Fsp3) is 0.810. The van der Waals surface area contributed by atoms with Crippen LogP contribution in [-0.4, -0.2) is 29.1 Å². The van der Waals surface area contributed by atoms with Crippen LogP contribution in [0, 0.1) is 0 Å². The maximum Gasteiger partial charge on any atom is 0.306 e. The molecule has 0 aromatic heterocycles. The zero-order chi connectivity index (χ0) is 18.9. The molecule has 1 unspecified atom stereocenters. The standard InChI is InChI=1S/C21H38O4/c1-4-5-10-13-19(22)16-17-20(23)14-11-8-6-7-9-12-15-21(24)25-18(2)3/h16-19,22H,4-15H2,1-3H3/b17-16+. The summed E-state index contributed by atoms with van der Waals surface area (Å²) >= 11 is 0. The van der Waals surface area contributed by atoms with Gasteiger partial charge in [0.05, 0.1) is 12.2 Å². The minimum atomic E-state index is -0.488. The van der Waals surface area contributed by atoms with Gasteiger partial charge in [-0.1, -0.05) is 57.9 Å². The van der Waals surface area contributed by atoms with Gasteiger partial charge in [0, 0.05) is 12.8 Å². The van der Waals surface area contributed by atoms with Gasteiger partial charge in [0.2, 0.25) is 0 Å². The van der Waals surface area contributed by atoms with Crippen molar-refractivity contribution in [3.05, 3.63) is 12.2 Å². The van der Waals surface area contributed by atoms with Crippen LogP contribution in [-0.2, 0) is 14.3 Å². The second-order valence-electron chi connectivity index (χ2n) is 7.05. The van der Waals surface area contributed by atoms with Gasteiger partial charge in [-0.25, -0.2) is 0 Å². The van der Waals surface area contributed by atoms with Crippen LogP contribution >= 0.6 is 0 Å². The van der Waals surface area contributed by atoms with Crippen LogP contribution in [0.2, 0.25) is 0 Å². The van der Waals surface area contributed by atoms with E-state index in [0.717, 1.165) is 64.2 Å². The molecule has 0 aliphatic rings. The van der Waals surface area contributed by atoms with Crippen molar-refractivity contribution in [1.82, 2.24) is 0 Å². The third-order valence-corrected chi connectivity index (χ3v) is 4.03. The first-order chi connectivity index (χ1) is 12.0. The Balaban J connectivity index is 3.49. The Morgan fingerprint density at radius 3 is 2.12 bits per heavy atom. The van der Waals surface area contributed by atoms with Gasteiger partial charge in [-0.15, -0.1) is 0 Å². The number of ketones is 1. The zero-order valence-corrected chi connectivity index (χ0v) is 16.5. The molecule has 0 radical (unpaired) electrons. The van der Waals surface area contributed by atoms with E-state index in [1.54, 1.807) is 6.08 Å². The van der Waals surface area contributed by atoms with Crippen molar-refractivity contribution in [2.75, 3.05) is 0 Å². The second-order valence-corrected chi connectivity index (χ2v) is 7.05. The van der Waals surface area contributed by atoms with Crippen molar-refractivity contribution in [2.45, 2.75) is 110 Å². The molecule has 1 N–H and O–H groups in total. The fourth-order valence-electron chi connectivity index (χ4n) is 2.60. The van der Waals surface area contributed by atoms with Crippen LogP contribution < -0.4 is 0 Å². The predicted molar refractivity (Wildman–Crippen MR) is 102 cm³/mol. The summed E-state index contributed by atoms with van der Waals surface area (Å²) in [5.41, 5.74) is 0. The van der Waals surface area contributed by atoms with Crippen molar-refractivity contribution < 1.29 is 19.4 Å². The highest BCUT2D eigenvalue weighted by atomic mass is 16.5. The summed E-state index contributed by atoms with van der Waals surface area (Å²) in [5.74, 6) is -0.00441. The Labute approximate surface area is 154 Å². The third-order valence-electron chi connectivity index (χ3n) is 4.03. The monoisotopic (exact) mass is 354 g/mol. The Hall–Kier alpha value is -1.16. The molecule has 0 aromatic rings. The van der Waals surface area contributed by atoms with Crippen molar-refractivity contribution in [3.63, 3.8) is 0 Å². The summed E-state index contributed by atoms with van der Waals surface area (Å²) in [6.07, 6.45) is 13.7. The molecule has 0 aliphatic carbocycles. The Bertz CT molecular complexity index is 374. The molecule has 0 rings (SSSR count). The zero-order valence-electron chi connectivity index (χ0n) is 16.5. The van der Waals surface area contributed by atoms with Gasteiger partial charge in [-0.05, 0) is 39.2 Å². The lowest BCUT2D eigenvalue weighted by molar-refractivity contribution is -0.147. The normalized spacial score (nSPS) is 12.7. The van der Waals surface area contributed by atoms with E-state index in [1.807, 2.05) is 13.8 Å². The number of hydrogen-bond donors (Lipinski definition) is 1. The Kier molecular flexibility index (Phi) is 15.6. The van der Waals surface area contributed by atoms with Crippen molar-refractivity contribution in [1.29, 1.82) is 0 Å². The molecule has 0 aliphatic heterocycles. The number of aliphatic hydroxyl groups is 1. The lowest BCUT2D eigenvalue weighted by Gasteiger charge is -2.07. The maximum atomic E-state index is 11.7. The van der Waals surface area contributed by atoms with Crippen molar-refractivity contribution >= 4 is 11.8 Å². The fourth-order valence-corrected chi connectivity index (χ4v) is 2.60. The summed E-state index contributed by atoms with van der Waals surface area (Å²) < 4.78 is 5.09. The predicted octanol–water partition coefficient (Wildman–Crippen LogP) is 5.13. The van der Waals surface area contributed by atoms with Gasteiger partial charge in [0.1, 0.15) is 0 Å². The summed E-state index contributed by atoms with van der Waals surface area (Å²) in [6.45, 7) is 5.86. The van der Waals surface area contributed by atoms with Gasteiger partial charge in [-0.3, -0.25) is 9.59 Å². The lowest BCUT2D eigenvalue weighted by atomic mass is 10.1. The van der Waals surface area contributed by atoms with Gasteiger partial charge in [0.15, 0.2) is 5.78 Å². The molecule has 0 heterocycles. The highest BCUT2D eigenvalue weighted by Crippen LogP contribution is 2.10. The molecule has 146 valence electrons. The molecule has 0 bridgehead atoms. The number of carbonyl (C=O) groups excluding carboxylic acids is 2. The van der Waals surface area contributed by atoms with Crippen LogP contribution in [0.3, 0.4) is 0 Å². The van der Waals surface area contributed by atoms with Gasteiger partial charge in [0.25, 0.3) is 0 Å². The van der Waals surface area contributed by atoms with E-state index in [9.17, 15) is 14.7 Å². The van der Waals surface area contributed by atoms with Crippen molar-refractivity contribution in [3.8, 4) is 0 Å². The quantitative estimate of drug-likeness (QED) is 0.237. The lowest BCUT2D eigenvalue weighted by Crippen LogP contribution is -2.10. The summed E-state index contributed by atoms with van der Waals surface area (Å²) in [5, 5.41) is 9.73. The molecule has 0 aromatic carbocycles. The number of rotatable bonds is 16. The summed E-state index contributed by atoms with van der Waals surface area (Å²) in [6, 6.07) is 0. The van der Waals surface area contributed by atoms with E-state index in [-0.39, 0.29) is 17.9 Å². The molecule has 0 saturated carbocycles. The number of hydrogen-bond acceptors (Lipinski definition) is 4. The first kappa shape index (κ1) is 23.8. The average Bonchev–Trinajstić information content (AvgIpc) is 2.55. The number of allylic oxidation sites excluding steroid dienone is 1. The van der Waals surface area contributed by atoms with E-state index >= 15 is 0 Å². The SMILES string of the molecule is CCCCCC(O)/C=C/C(=O)CCCCCCCCC(=O)OC(C)C. The van der Waals surface area contributed by atoms with Crippen LogP contribution in [0.25, 0.3) is 0 Å². The van der Waals surface area contributed by atoms with Crippen molar-refractivity contribution in [2.24, 2.45) is 0 Å². The molecule has 0 saturated heterocycles. The largest absolute Gasteiger partial charge is 0.463 e. The number of carbonyl (C=O) groups is 2. The van der Waals surface area contributed by atoms with E-state index < -0.39 is 6.10 Å². The highest BCUT2D eigenvalue weighted by Gasteiger charge is 2.05. The average molecular weight is 355 g/mol. The minimum absolute atomic E-state index is 0.0310. The van der Waals surface area contributed by atoms with E-state index in [0.29, 0.717) is 12.8 Å². The Morgan fingerprint density at radius 1 is 0.920 bits per heavy atom. The molecule has 0 amide bonds. The van der Waals surface area contributed by atoms with Crippen LogP contribution in [0.4, 0.5) is 0 Å². The first-order valence-electron chi connectivity index (χ1n) is 10.0.